The van der Waals surface area contributed by atoms with Gasteiger partial charge in [-0.15, -0.1) is 11.3 Å². The molecular weight excluding hydrogens is 562 g/mol. The first-order valence-corrected chi connectivity index (χ1v) is 12.3. The third-order valence-corrected chi connectivity index (χ3v) is 7.89. The molecule has 0 unspecified atom stereocenters. The van der Waals surface area contributed by atoms with E-state index in [0.717, 1.165) is 0 Å². The van der Waals surface area contributed by atoms with E-state index in [1.54, 1.807) is 0 Å². The summed E-state index contributed by atoms with van der Waals surface area (Å²) in [5.41, 5.74) is 5.91. The summed E-state index contributed by atoms with van der Waals surface area (Å²) < 4.78 is 2.66. The van der Waals surface area contributed by atoms with Gasteiger partial charge in [-0.25, -0.2) is 0 Å². The molecule has 134 valence electrons. The predicted octanol–water partition coefficient (Wildman–Crippen LogP) is 8.24. The van der Waals surface area contributed by atoms with Crippen LogP contribution >= 0.6 is 56.5 Å². The minimum atomic E-state index is 0.0228. The van der Waals surface area contributed by atoms with Crippen molar-refractivity contribution in [2.24, 2.45) is 0 Å². The van der Waals surface area contributed by atoms with Gasteiger partial charge >= 0.3 is 0 Å². The Hall–Kier alpha value is -0.400. The maximum atomic E-state index is 2.47. The molecule has 0 fully saturated rings. The molecule has 3 aromatic rings. The summed E-state index contributed by atoms with van der Waals surface area (Å²) in [4.78, 5) is 1.50. The van der Waals surface area contributed by atoms with Crippen molar-refractivity contribution in [3.05, 3.63) is 77.1 Å². The SMILES string of the molecule is CCCCCCC1(c2cccs2)c2cc(I)ccc2-c2ccc(I)cc21. The number of unbranched alkanes of at least 4 members (excludes halogenated alkanes) is 3. The van der Waals surface area contributed by atoms with Crippen molar-refractivity contribution < 1.29 is 0 Å². The van der Waals surface area contributed by atoms with E-state index in [-0.39, 0.29) is 5.41 Å². The van der Waals surface area contributed by atoms with Crippen molar-refractivity contribution in [2.45, 2.75) is 44.4 Å². The maximum Gasteiger partial charge on any atom is 0.0557 e. The van der Waals surface area contributed by atoms with Crippen molar-refractivity contribution in [1.82, 2.24) is 0 Å². The minimum absolute atomic E-state index is 0.0228. The second-order valence-electron chi connectivity index (χ2n) is 7.07. The normalized spacial score (nSPS) is 14.3. The van der Waals surface area contributed by atoms with Crippen LogP contribution in [0.3, 0.4) is 0 Å². The Balaban J connectivity index is 1.94. The smallest absolute Gasteiger partial charge is 0.0557 e. The molecule has 1 aliphatic rings. The fraction of sp³-hybridized carbons (Fsp3) is 0.304. The molecule has 0 amide bonds. The van der Waals surface area contributed by atoms with Gasteiger partial charge in [-0.2, -0.15) is 0 Å². The number of halogens is 2. The number of hydrogen-bond donors (Lipinski definition) is 0. The van der Waals surface area contributed by atoms with Crippen molar-refractivity contribution in [3.63, 3.8) is 0 Å². The lowest BCUT2D eigenvalue weighted by Gasteiger charge is -2.32. The summed E-state index contributed by atoms with van der Waals surface area (Å²) in [6.07, 6.45) is 6.42. The lowest BCUT2D eigenvalue weighted by molar-refractivity contribution is 0.522. The Bertz CT molecular complexity index is 860. The molecule has 0 atom stereocenters. The Kier molecular flexibility index (Phi) is 5.77. The summed E-state index contributed by atoms with van der Waals surface area (Å²) in [5, 5.41) is 2.24. The summed E-state index contributed by atoms with van der Waals surface area (Å²) in [6.45, 7) is 2.29. The van der Waals surface area contributed by atoms with Gasteiger partial charge in [0.2, 0.25) is 0 Å². The van der Waals surface area contributed by atoms with E-state index in [4.69, 9.17) is 0 Å². The lowest BCUT2D eigenvalue weighted by atomic mass is 9.73. The van der Waals surface area contributed by atoms with Gasteiger partial charge in [0.05, 0.1) is 5.41 Å². The highest BCUT2D eigenvalue weighted by molar-refractivity contribution is 14.1. The summed E-state index contributed by atoms with van der Waals surface area (Å²) in [5.74, 6) is 0. The average Bonchev–Trinajstić information content (AvgIpc) is 3.25. The first-order chi connectivity index (χ1) is 12.7. The van der Waals surface area contributed by atoms with E-state index in [1.165, 1.54) is 66.4 Å². The molecule has 26 heavy (non-hydrogen) atoms. The summed E-state index contributed by atoms with van der Waals surface area (Å²) in [7, 11) is 0. The van der Waals surface area contributed by atoms with Gasteiger partial charge in [-0.3, -0.25) is 0 Å². The maximum absolute atomic E-state index is 2.47. The zero-order valence-electron chi connectivity index (χ0n) is 14.9. The van der Waals surface area contributed by atoms with Gasteiger partial charge < -0.3 is 0 Å². The highest BCUT2D eigenvalue weighted by Gasteiger charge is 2.45. The highest BCUT2D eigenvalue weighted by atomic mass is 127. The van der Waals surface area contributed by atoms with Gasteiger partial charge in [0.15, 0.2) is 0 Å². The van der Waals surface area contributed by atoms with Crippen molar-refractivity contribution in [2.75, 3.05) is 0 Å². The van der Waals surface area contributed by atoms with Crippen LogP contribution in [0, 0.1) is 7.14 Å². The molecule has 0 spiro atoms. The largest absolute Gasteiger partial charge is 0.148 e. The van der Waals surface area contributed by atoms with Crippen molar-refractivity contribution in [1.29, 1.82) is 0 Å². The zero-order chi connectivity index (χ0) is 18.1. The molecule has 3 heteroatoms. The average molecular weight is 584 g/mol. The second-order valence-corrected chi connectivity index (χ2v) is 10.5. The zero-order valence-corrected chi connectivity index (χ0v) is 20.0. The van der Waals surface area contributed by atoms with Crippen LogP contribution in [0.2, 0.25) is 0 Å². The number of fused-ring (bicyclic) bond motifs is 3. The third-order valence-electron chi connectivity index (χ3n) is 5.52. The monoisotopic (exact) mass is 584 g/mol. The van der Waals surface area contributed by atoms with Crippen LogP contribution in [0.15, 0.2) is 53.9 Å². The molecule has 1 aromatic heterocycles. The van der Waals surface area contributed by atoms with E-state index in [9.17, 15) is 0 Å². The molecule has 0 saturated heterocycles. The number of rotatable bonds is 6. The third kappa shape index (κ3) is 3.18. The van der Waals surface area contributed by atoms with Crippen LogP contribution < -0.4 is 0 Å². The minimum Gasteiger partial charge on any atom is -0.148 e. The van der Waals surface area contributed by atoms with Crippen LogP contribution in [-0.2, 0) is 5.41 Å². The Labute approximate surface area is 187 Å². The molecule has 1 heterocycles. The van der Waals surface area contributed by atoms with E-state index >= 15 is 0 Å². The van der Waals surface area contributed by atoms with Gasteiger partial charge in [0, 0.05) is 12.0 Å². The van der Waals surface area contributed by atoms with Crippen molar-refractivity contribution >= 4 is 56.5 Å². The van der Waals surface area contributed by atoms with Crippen LogP contribution in [0.5, 0.6) is 0 Å². The van der Waals surface area contributed by atoms with Gasteiger partial charge in [-0.05, 0) is 110 Å². The topological polar surface area (TPSA) is 0 Å². The van der Waals surface area contributed by atoms with Gasteiger partial charge in [0.25, 0.3) is 0 Å². The number of hydrogen-bond acceptors (Lipinski definition) is 1. The highest BCUT2D eigenvalue weighted by Crippen LogP contribution is 2.56. The molecular formula is C23H22I2S. The molecule has 0 saturated carbocycles. The number of thiophene rings is 1. The fourth-order valence-electron chi connectivity index (χ4n) is 4.35. The van der Waals surface area contributed by atoms with Crippen LogP contribution in [0.25, 0.3) is 11.1 Å². The predicted molar refractivity (Wildman–Crippen MR) is 130 cm³/mol. The van der Waals surface area contributed by atoms with Crippen molar-refractivity contribution in [3.8, 4) is 11.1 Å². The molecule has 0 aliphatic heterocycles. The fourth-order valence-corrected chi connectivity index (χ4v) is 6.32. The Morgan fingerprint density at radius 1 is 0.846 bits per heavy atom. The Morgan fingerprint density at radius 3 is 2.04 bits per heavy atom. The first-order valence-electron chi connectivity index (χ1n) is 9.31. The summed E-state index contributed by atoms with van der Waals surface area (Å²) in [6, 6.07) is 18.6. The summed E-state index contributed by atoms with van der Waals surface area (Å²) >= 11 is 6.85. The second kappa shape index (κ2) is 7.92. The van der Waals surface area contributed by atoms with Gasteiger partial charge in [0.1, 0.15) is 0 Å². The first kappa shape index (κ1) is 18.9. The van der Waals surface area contributed by atoms with E-state index in [1.807, 2.05) is 11.3 Å². The number of benzene rings is 2. The van der Waals surface area contributed by atoms with Crippen LogP contribution in [0.1, 0.15) is 55.0 Å². The van der Waals surface area contributed by atoms with E-state index in [0.29, 0.717) is 0 Å². The van der Waals surface area contributed by atoms with E-state index < -0.39 is 0 Å². The molecule has 0 nitrogen and oxygen atoms in total. The van der Waals surface area contributed by atoms with Gasteiger partial charge in [-0.1, -0.05) is 50.8 Å². The van der Waals surface area contributed by atoms with Crippen LogP contribution in [0.4, 0.5) is 0 Å². The standard InChI is InChI=1S/C23H22I2S/c1-2-3-4-5-12-23(22-7-6-13-26-22)20-14-16(24)8-10-18(20)19-11-9-17(25)15-21(19)23/h6-11,13-15H,2-5,12H2,1H3. The van der Waals surface area contributed by atoms with E-state index in [2.05, 4.69) is 106 Å². The molecule has 0 N–H and O–H groups in total. The quantitative estimate of drug-likeness (QED) is 0.202. The molecule has 0 radical (unpaired) electrons. The molecule has 2 aromatic carbocycles. The Morgan fingerprint density at radius 2 is 1.50 bits per heavy atom. The van der Waals surface area contributed by atoms with Crippen LogP contribution in [-0.4, -0.2) is 0 Å². The molecule has 4 rings (SSSR count). The molecule has 0 bridgehead atoms. The molecule has 1 aliphatic carbocycles. The lowest BCUT2D eigenvalue weighted by Crippen LogP contribution is -2.26.